The maximum atomic E-state index is 10.0. The van der Waals surface area contributed by atoms with E-state index in [9.17, 15) is 5.11 Å². The van der Waals surface area contributed by atoms with Crippen LogP contribution in [-0.4, -0.2) is 19.3 Å². The third-order valence-electron chi connectivity index (χ3n) is 12.4. The molecule has 2 aromatic carbocycles. The second-order valence-corrected chi connectivity index (χ2v) is 15.9. The highest BCUT2D eigenvalue weighted by Crippen LogP contribution is 2.54. The van der Waals surface area contributed by atoms with Gasteiger partial charge in [0.15, 0.2) is 0 Å². The van der Waals surface area contributed by atoms with E-state index in [-0.39, 0.29) is 5.75 Å². The van der Waals surface area contributed by atoms with Gasteiger partial charge in [0.05, 0.1) is 19.2 Å². The summed E-state index contributed by atoms with van der Waals surface area (Å²) in [6.07, 6.45) is 21.0. The van der Waals surface area contributed by atoms with Crippen LogP contribution in [0.4, 0.5) is 0 Å². The van der Waals surface area contributed by atoms with Crippen LogP contribution in [0.1, 0.15) is 119 Å². The highest BCUT2D eigenvalue weighted by atomic mass is 35.5. The highest BCUT2D eigenvalue weighted by molar-refractivity contribution is 6.32. The molecule has 2 fully saturated rings. The number of fused-ring (bicyclic) bond motifs is 6. The Morgan fingerprint density at radius 2 is 1.10 bits per heavy atom. The zero-order valence-electron chi connectivity index (χ0n) is 29.1. The molecule has 4 bridgehead atoms. The Kier molecular flexibility index (Phi) is 10.4. The van der Waals surface area contributed by atoms with Crippen LogP contribution in [0.5, 0.6) is 5.75 Å². The maximum Gasteiger partial charge on any atom is 0.134 e. The molecule has 0 radical (unpaired) electrons. The largest absolute Gasteiger partial charge is 0.506 e. The Bertz CT molecular complexity index is 1550. The lowest BCUT2D eigenvalue weighted by molar-refractivity contribution is 0.311. The van der Waals surface area contributed by atoms with E-state index in [1.807, 2.05) is 19.2 Å². The Morgan fingerprint density at radius 3 is 1.58 bits per heavy atom. The van der Waals surface area contributed by atoms with Gasteiger partial charge in [0.25, 0.3) is 0 Å². The van der Waals surface area contributed by atoms with Crippen molar-refractivity contribution < 1.29 is 14.6 Å². The van der Waals surface area contributed by atoms with E-state index < -0.39 is 0 Å². The lowest BCUT2D eigenvalue weighted by Gasteiger charge is -2.43. The van der Waals surface area contributed by atoms with Crippen LogP contribution in [-0.2, 0) is 9.47 Å². The average Bonchev–Trinajstić information content (AvgIpc) is 3.09. The second-order valence-electron chi connectivity index (χ2n) is 15.0. The fourth-order valence-corrected chi connectivity index (χ4v) is 10.5. The number of phenolic OH excluding ortho intramolecular Hbond substituents is 1. The first-order valence-electron chi connectivity index (χ1n) is 18.6. The van der Waals surface area contributed by atoms with Crippen molar-refractivity contribution in [1.82, 2.24) is 0 Å². The van der Waals surface area contributed by atoms with Gasteiger partial charge in [0.1, 0.15) is 17.3 Å². The summed E-state index contributed by atoms with van der Waals surface area (Å²) in [5, 5.41) is 11.2. The van der Waals surface area contributed by atoms with Crippen molar-refractivity contribution >= 4 is 34.7 Å². The molecule has 6 aliphatic rings. The monoisotopic (exact) mass is 686 g/mol. The average molecular weight is 688 g/mol. The summed E-state index contributed by atoms with van der Waals surface area (Å²) in [5.41, 5.74) is 13.4. The first-order valence-corrected chi connectivity index (χ1v) is 19.4. The molecule has 0 spiro atoms. The van der Waals surface area contributed by atoms with Crippen LogP contribution in [0.2, 0.25) is 10.0 Å². The maximum absolute atomic E-state index is 10.0. The standard InChI is InChI=1S/C22H27ClO.C21H25ClO2/c1-14-12-17(10-11-20(14)23)22(24-2)21-16-7-5-9-19(21)18-8-4-3-6-15(18)13-16;1-24-21(15-9-10-18(22)19(23)12-15)20-14-6-4-8-17(20)16-7-3-2-5-13(16)11-14/h10-12,16,19H,3-9,13H2,1-2H3;9-10,12,14,17,23H,2-8,11H2,1H3/b22-21+;21-20+. The molecule has 0 saturated heterocycles. The summed E-state index contributed by atoms with van der Waals surface area (Å²) in [7, 11) is 3.60. The van der Waals surface area contributed by atoms with E-state index in [0.717, 1.165) is 27.7 Å². The third-order valence-corrected chi connectivity index (χ3v) is 13.1. The summed E-state index contributed by atoms with van der Waals surface area (Å²) in [4.78, 5) is 0. The summed E-state index contributed by atoms with van der Waals surface area (Å²) < 4.78 is 11.9. The van der Waals surface area contributed by atoms with Crippen LogP contribution in [0, 0.1) is 30.6 Å². The number of halogens is 2. The molecule has 4 atom stereocenters. The SMILES string of the molecule is CO/C(=C1\C2CCCC1C1=C(CCCC1)C2)c1ccc(Cl)c(C)c1.CO/C(=C1\C2CCCC1C1=C(CCCC1)C2)c1ccc(Cl)c(O)c1. The van der Waals surface area contributed by atoms with Gasteiger partial charge in [-0.1, -0.05) is 58.3 Å². The molecule has 0 aromatic heterocycles. The van der Waals surface area contributed by atoms with Crippen molar-refractivity contribution in [3.63, 3.8) is 0 Å². The fraction of sp³-hybridized carbons (Fsp3) is 0.535. The minimum atomic E-state index is 0.128. The molecular formula is C43H52Cl2O3. The van der Waals surface area contributed by atoms with Crippen molar-refractivity contribution in [2.24, 2.45) is 23.7 Å². The number of benzene rings is 2. The molecular weight excluding hydrogens is 635 g/mol. The normalized spacial score (nSPS) is 28.4. The molecule has 4 unspecified atom stereocenters. The van der Waals surface area contributed by atoms with Gasteiger partial charge in [-0.15, -0.1) is 0 Å². The van der Waals surface area contributed by atoms with Crippen LogP contribution in [0.15, 0.2) is 69.8 Å². The molecule has 0 amide bonds. The third kappa shape index (κ3) is 6.51. The van der Waals surface area contributed by atoms with Crippen LogP contribution >= 0.6 is 23.2 Å². The number of hydrogen-bond donors (Lipinski definition) is 1. The van der Waals surface area contributed by atoms with Crippen molar-refractivity contribution in [2.45, 2.75) is 110 Å². The van der Waals surface area contributed by atoms with Crippen LogP contribution < -0.4 is 0 Å². The predicted octanol–water partition coefficient (Wildman–Crippen LogP) is 12.8. The molecule has 0 aliphatic heterocycles. The lowest BCUT2D eigenvalue weighted by atomic mass is 9.62. The van der Waals surface area contributed by atoms with Gasteiger partial charge in [-0.3, -0.25) is 0 Å². The number of methoxy groups -OCH3 is 2. The van der Waals surface area contributed by atoms with Gasteiger partial charge in [0, 0.05) is 28.0 Å². The molecule has 256 valence electrons. The van der Waals surface area contributed by atoms with Crippen molar-refractivity contribution in [3.8, 4) is 5.75 Å². The van der Waals surface area contributed by atoms with E-state index >= 15 is 0 Å². The molecule has 6 aliphatic carbocycles. The number of phenols is 1. The predicted molar refractivity (Wildman–Crippen MR) is 199 cm³/mol. The zero-order chi connectivity index (χ0) is 33.4. The van der Waals surface area contributed by atoms with Crippen molar-refractivity contribution in [2.75, 3.05) is 14.2 Å². The zero-order valence-corrected chi connectivity index (χ0v) is 30.6. The Morgan fingerprint density at radius 1 is 0.625 bits per heavy atom. The van der Waals surface area contributed by atoms with E-state index in [2.05, 4.69) is 19.1 Å². The molecule has 48 heavy (non-hydrogen) atoms. The van der Waals surface area contributed by atoms with Gasteiger partial charge in [-0.2, -0.15) is 0 Å². The van der Waals surface area contributed by atoms with Crippen LogP contribution in [0.25, 0.3) is 11.5 Å². The molecule has 0 heterocycles. The van der Waals surface area contributed by atoms with Crippen molar-refractivity contribution in [3.05, 3.63) is 96.6 Å². The molecule has 1 N–H and O–H groups in total. The minimum absolute atomic E-state index is 0.128. The number of aromatic hydroxyl groups is 1. The van der Waals surface area contributed by atoms with Gasteiger partial charge in [0.2, 0.25) is 0 Å². The topological polar surface area (TPSA) is 38.7 Å². The number of rotatable bonds is 4. The molecule has 2 saturated carbocycles. The summed E-state index contributed by atoms with van der Waals surface area (Å²) in [5.74, 6) is 4.71. The Balaban J connectivity index is 0.000000152. The smallest absolute Gasteiger partial charge is 0.134 e. The molecule has 3 nitrogen and oxygen atoms in total. The van der Waals surface area contributed by atoms with Gasteiger partial charge >= 0.3 is 0 Å². The van der Waals surface area contributed by atoms with Gasteiger partial charge in [-0.05, 0) is 162 Å². The quantitative estimate of drug-likeness (QED) is 0.257. The molecule has 5 heteroatoms. The summed E-state index contributed by atoms with van der Waals surface area (Å²) in [6, 6.07) is 11.8. The summed E-state index contributed by atoms with van der Waals surface area (Å²) >= 11 is 12.2. The van der Waals surface area contributed by atoms with E-state index in [1.54, 1.807) is 47.1 Å². The lowest BCUT2D eigenvalue weighted by Crippen LogP contribution is -2.30. The van der Waals surface area contributed by atoms with E-state index in [4.69, 9.17) is 32.7 Å². The summed E-state index contributed by atoms with van der Waals surface area (Å²) in [6.45, 7) is 2.08. The van der Waals surface area contributed by atoms with E-state index in [1.165, 1.54) is 114 Å². The molecule has 8 rings (SSSR count). The van der Waals surface area contributed by atoms with Gasteiger partial charge in [-0.25, -0.2) is 0 Å². The Labute approximate surface area is 298 Å². The van der Waals surface area contributed by atoms with Crippen LogP contribution in [0.3, 0.4) is 0 Å². The van der Waals surface area contributed by atoms with E-state index in [0.29, 0.717) is 28.7 Å². The fourth-order valence-electron chi connectivity index (χ4n) is 10.3. The molecule has 2 aromatic rings. The number of ether oxygens (including phenoxy) is 2. The first-order chi connectivity index (χ1) is 23.4. The number of aryl methyl sites for hydroxylation is 1. The first kappa shape index (κ1) is 33.9. The Hall–Kier alpha value is -2.62. The number of allylic oxidation sites excluding steroid dienone is 6. The highest BCUT2D eigenvalue weighted by Gasteiger charge is 2.41. The van der Waals surface area contributed by atoms with Crippen molar-refractivity contribution in [1.29, 1.82) is 0 Å². The second kappa shape index (κ2) is 14.7. The van der Waals surface area contributed by atoms with Gasteiger partial charge < -0.3 is 14.6 Å². The minimum Gasteiger partial charge on any atom is -0.506 e. The number of hydrogen-bond acceptors (Lipinski definition) is 3.